The molecule has 0 amide bonds. The Hall–Kier alpha value is -1.69. The van der Waals surface area contributed by atoms with Gasteiger partial charge in [-0.15, -0.1) is 0 Å². The number of hydrogen-bond donors (Lipinski definition) is 1. The number of hydrogen-bond acceptors (Lipinski definition) is 2. The number of nitrogens with zero attached hydrogens (tertiary/aromatic N) is 1. The molecule has 0 aliphatic heterocycles. The van der Waals surface area contributed by atoms with Gasteiger partial charge in [-0.05, 0) is 0 Å². The van der Waals surface area contributed by atoms with Crippen molar-refractivity contribution in [2.45, 2.75) is 6.18 Å². The molecule has 0 saturated heterocycles. The Kier molecular flexibility index (Phi) is 3.76. The summed E-state index contributed by atoms with van der Waals surface area (Å²) in [6.07, 6.45) is -0.597. The lowest BCUT2D eigenvalue weighted by Gasteiger charge is -2.09. The summed E-state index contributed by atoms with van der Waals surface area (Å²) in [4.78, 5) is 5.29. The molecular weight excluding hydrogens is 245 g/mol. The Morgan fingerprint density at radius 2 is 1.72 bits per heavy atom. The maximum Gasteiger partial charge on any atom is 0.401 e. The van der Waals surface area contributed by atoms with Crippen LogP contribution in [0, 0.1) is 0 Å². The second-order valence-electron chi connectivity index (χ2n) is 3.87. The van der Waals surface area contributed by atoms with Crippen LogP contribution in [0.5, 0.6) is 0 Å². The molecule has 2 rings (SSSR count). The molecule has 0 aliphatic carbocycles. The van der Waals surface area contributed by atoms with E-state index in [4.69, 9.17) is 4.84 Å². The molecule has 0 radical (unpaired) electrons. The molecule has 6 heteroatoms. The summed E-state index contributed by atoms with van der Waals surface area (Å²) >= 11 is 0. The Morgan fingerprint density at radius 1 is 1.11 bits per heavy atom. The van der Waals surface area contributed by atoms with E-state index in [-0.39, 0.29) is 13.2 Å². The number of halogens is 3. The van der Waals surface area contributed by atoms with E-state index >= 15 is 0 Å². The molecule has 1 aromatic carbocycles. The Labute approximate surface area is 102 Å². The largest absolute Gasteiger partial charge is 0.413 e. The molecule has 0 saturated carbocycles. The highest BCUT2D eigenvalue weighted by Crippen LogP contribution is 2.13. The molecule has 1 heterocycles. The maximum atomic E-state index is 11.8. The summed E-state index contributed by atoms with van der Waals surface area (Å²) in [6.45, 7) is -0.672. The van der Waals surface area contributed by atoms with Gasteiger partial charge < -0.3 is 10.2 Å². The third-order valence-electron chi connectivity index (χ3n) is 2.37. The van der Waals surface area contributed by atoms with Crippen LogP contribution in [0.1, 0.15) is 0 Å². The van der Waals surface area contributed by atoms with Crippen molar-refractivity contribution in [3.63, 3.8) is 0 Å². The normalized spacial score (nSPS) is 11.9. The van der Waals surface area contributed by atoms with Crippen molar-refractivity contribution in [2.24, 2.45) is 0 Å². The number of rotatable bonds is 5. The van der Waals surface area contributed by atoms with Crippen LogP contribution in [0.2, 0.25) is 0 Å². The van der Waals surface area contributed by atoms with Crippen LogP contribution in [0.3, 0.4) is 0 Å². The highest BCUT2D eigenvalue weighted by atomic mass is 19.4. The van der Waals surface area contributed by atoms with Crippen molar-refractivity contribution in [3.05, 3.63) is 36.7 Å². The van der Waals surface area contributed by atoms with E-state index in [1.807, 2.05) is 24.3 Å². The lowest BCUT2D eigenvalue weighted by Crippen LogP contribution is -2.32. The fourth-order valence-corrected chi connectivity index (χ4v) is 1.59. The van der Waals surface area contributed by atoms with Gasteiger partial charge in [-0.2, -0.15) is 17.9 Å². The van der Waals surface area contributed by atoms with Gasteiger partial charge in [0.15, 0.2) is 0 Å². The van der Waals surface area contributed by atoms with Gasteiger partial charge >= 0.3 is 6.18 Å². The second-order valence-corrected chi connectivity index (χ2v) is 3.87. The number of benzene rings is 1. The molecule has 0 fully saturated rings. The van der Waals surface area contributed by atoms with Crippen molar-refractivity contribution in [1.29, 1.82) is 0 Å². The Morgan fingerprint density at radius 3 is 2.28 bits per heavy atom. The summed E-state index contributed by atoms with van der Waals surface area (Å²) in [7, 11) is 0. The van der Waals surface area contributed by atoms with Crippen molar-refractivity contribution < 1.29 is 18.0 Å². The maximum absolute atomic E-state index is 11.8. The average Bonchev–Trinajstić information content (AvgIpc) is 2.69. The van der Waals surface area contributed by atoms with Crippen LogP contribution in [0.15, 0.2) is 36.7 Å². The molecule has 1 N–H and O–H groups in total. The van der Waals surface area contributed by atoms with Crippen LogP contribution in [0.4, 0.5) is 13.2 Å². The standard InChI is InChI=1S/C12H13F3N2O/c13-12(14,15)9-16-5-6-18-17-7-10-3-1-2-4-11(10)8-17/h1-4,7-8,16H,5-6,9H2. The van der Waals surface area contributed by atoms with Crippen molar-refractivity contribution in [2.75, 3.05) is 19.7 Å². The third-order valence-corrected chi connectivity index (χ3v) is 2.37. The smallest absolute Gasteiger partial charge is 0.401 e. The van der Waals surface area contributed by atoms with Gasteiger partial charge in [0.25, 0.3) is 0 Å². The van der Waals surface area contributed by atoms with Gasteiger partial charge in [0.05, 0.1) is 18.9 Å². The first-order chi connectivity index (χ1) is 8.54. The molecule has 1 aromatic heterocycles. The minimum absolute atomic E-state index is 0.147. The predicted molar refractivity (Wildman–Crippen MR) is 62.3 cm³/mol. The van der Waals surface area contributed by atoms with Crippen molar-refractivity contribution in [3.8, 4) is 0 Å². The average molecular weight is 258 g/mol. The Balaban J connectivity index is 1.77. The van der Waals surface area contributed by atoms with E-state index in [1.165, 1.54) is 4.73 Å². The van der Waals surface area contributed by atoms with Gasteiger partial charge in [0, 0.05) is 17.3 Å². The van der Waals surface area contributed by atoms with E-state index in [1.54, 1.807) is 12.4 Å². The molecule has 0 unspecified atom stereocenters. The molecule has 0 atom stereocenters. The van der Waals surface area contributed by atoms with E-state index < -0.39 is 12.7 Å². The fourth-order valence-electron chi connectivity index (χ4n) is 1.59. The third kappa shape index (κ3) is 3.66. The highest BCUT2D eigenvalue weighted by Gasteiger charge is 2.25. The minimum atomic E-state index is -4.18. The summed E-state index contributed by atoms with van der Waals surface area (Å²) in [5.41, 5.74) is 0. The molecule has 0 spiro atoms. The Bertz CT molecular complexity index is 474. The highest BCUT2D eigenvalue weighted by molar-refractivity contribution is 5.81. The molecule has 0 bridgehead atoms. The number of nitrogens with one attached hydrogen (secondary N) is 1. The van der Waals surface area contributed by atoms with E-state index in [0.717, 1.165) is 10.8 Å². The lowest BCUT2D eigenvalue weighted by atomic mass is 10.2. The van der Waals surface area contributed by atoms with E-state index in [9.17, 15) is 13.2 Å². The summed E-state index contributed by atoms with van der Waals surface area (Å²) in [5, 5.41) is 4.32. The zero-order chi connectivity index (χ0) is 13.0. The second kappa shape index (κ2) is 5.30. The van der Waals surface area contributed by atoms with Gasteiger partial charge in [-0.3, -0.25) is 0 Å². The molecule has 2 aromatic rings. The van der Waals surface area contributed by atoms with Crippen LogP contribution in [0.25, 0.3) is 10.8 Å². The molecule has 98 valence electrons. The van der Waals surface area contributed by atoms with Crippen LogP contribution >= 0.6 is 0 Å². The molecular formula is C12H13F3N2O. The van der Waals surface area contributed by atoms with Gasteiger partial charge in [-0.25, -0.2) is 0 Å². The zero-order valence-corrected chi connectivity index (χ0v) is 9.57. The summed E-state index contributed by atoms with van der Waals surface area (Å²) in [5.74, 6) is 0. The zero-order valence-electron chi connectivity index (χ0n) is 9.57. The predicted octanol–water partition coefficient (Wildman–Crippen LogP) is 2.22. The number of aromatic nitrogens is 1. The number of fused-ring (bicyclic) bond motifs is 1. The van der Waals surface area contributed by atoms with Gasteiger partial charge in [0.1, 0.15) is 6.61 Å². The van der Waals surface area contributed by atoms with Crippen LogP contribution in [-0.2, 0) is 0 Å². The SMILES string of the molecule is FC(F)(F)CNCCOn1cc2ccccc2c1. The van der Waals surface area contributed by atoms with Gasteiger partial charge in [0.2, 0.25) is 0 Å². The lowest BCUT2D eigenvalue weighted by molar-refractivity contribution is -0.125. The minimum Gasteiger partial charge on any atom is -0.413 e. The van der Waals surface area contributed by atoms with Crippen LogP contribution in [-0.4, -0.2) is 30.6 Å². The van der Waals surface area contributed by atoms with Crippen LogP contribution < -0.4 is 10.2 Å². The first-order valence-electron chi connectivity index (χ1n) is 5.52. The summed E-state index contributed by atoms with van der Waals surface area (Å²) in [6, 6.07) is 7.71. The van der Waals surface area contributed by atoms with Crippen molar-refractivity contribution in [1.82, 2.24) is 10.0 Å². The first kappa shape index (κ1) is 12.8. The summed E-state index contributed by atoms with van der Waals surface area (Å²) < 4.78 is 37.0. The van der Waals surface area contributed by atoms with E-state index in [2.05, 4.69) is 5.32 Å². The molecule has 0 aliphatic rings. The monoisotopic (exact) mass is 258 g/mol. The van der Waals surface area contributed by atoms with Crippen molar-refractivity contribution >= 4 is 10.8 Å². The van der Waals surface area contributed by atoms with Gasteiger partial charge in [-0.1, -0.05) is 24.3 Å². The van der Waals surface area contributed by atoms with E-state index in [0.29, 0.717) is 0 Å². The fraction of sp³-hybridized carbons (Fsp3) is 0.333. The number of alkyl halides is 3. The first-order valence-corrected chi connectivity index (χ1v) is 5.52. The molecule has 18 heavy (non-hydrogen) atoms. The molecule has 3 nitrogen and oxygen atoms in total. The topological polar surface area (TPSA) is 26.2 Å². The quantitative estimate of drug-likeness (QED) is 0.832.